The van der Waals surface area contributed by atoms with Crippen LogP contribution in [0.2, 0.25) is 15.1 Å². The van der Waals surface area contributed by atoms with E-state index in [2.05, 4.69) is 15.5 Å². The van der Waals surface area contributed by atoms with Crippen LogP contribution in [0.4, 0.5) is 5.69 Å². The number of halogens is 3. The fraction of sp³-hybridized carbons (Fsp3) is 0. The molecule has 2 N–H and O–H groups in total. The summed E-state index contributed by atoms with van der Waals surface area (Å²) in [7, 11) is 0. The molecule has 0 spiro atoms. The topological polar surface area (TPSA) is 69.6 Å². The minimum absolute atomic E-state index is 0.416. The van der Waals surface area contributed by atoms with E-state index in [1.807, 2.05) is 0 Å². The van der Waals surface area contributed by atoms with Crippen LogP contribution in [0.15, 0.2) is 36.4 Å². The molecule has 1 aromatic heterocycles. The summed E-state index contributed by atoms with van der Waals surface area (Å²) in [6.07, 6.45) is 0. The van der Waals surface area contributed by atoms with Gasteiger partial charge >= 0.3 is 0 Å². The summed E-state index contributed by atoms with van der Waals surface area (Å²) >= 11 is 18.1. The van der Waals surface area contributed by atoms with E-state index in [1.54, 1.807) is 36.4 Å². The SMILES string of the molecule is Nc1ccc(-c2nnnn2-c2ccc(Cl)c(Cl)c2)c(Cl)c1. The lowest BCUT2D eigenvalue weighted by atomic mass is 10.2. The molecule has 0 aliphatic heterocycles. The van der Waals surface area contributed by atoms with Crippen molar-refractivity contribution in [1.29, 1.82) is 0 Å². The van der Waals surface area contributed by atoms with Gasteiger partial charge in [0.25, 0.3) is 0 Å². The minimum Gasteiger partial charge on any atom is -0.399 e. The monoisotopic (exact) mass is 339 g/mol. The predicted molar refractivity (Wildman–Crippen MR) is 84.0 cm³/mol. The summed E-state index contributed by atoms with van der Waals surface area (Å²) < 4.78 is 1.53. The first-order valence-electron chi connectivity index (χ1n) is 5.85. The maximum atomic E-state index is 6.20. The Hall–Kier alpha value is -1.82. The molecule has 0 amide bonds. The predicted octanol–water partition coefficient (Wildman–Crippen LogP) is 3.87. The van der Waals surface area contributed by atoms with Crippen molar-refractivity contribution in [2.75, 3.05) is 5.73 Å². The van der Waals surface area contributed by atoms with E-state index in [-0.39, 0.29) is 0 Å². The second kappa shape index (κ2) is 5.52. The van der Waals surface area contributed by atoms with Crippen LogP contribution in [0, 0.1) is 0 Å². The van der Waals surface area contributed by atoms with Gasteiger partial charge in [-0.3, -0.25) is 0 Å². The van der Waals surface area contributed by atoms with Crippen molar-refractivity contribution in [3.63, 3.8) is 0 Å². The molecule has 0 radical (unpaired) electrons. The van der Waals surface area contributed by atoms with Crippen molar-refractivity contribution in [3.8, 4) is 17.1 Å². The van der Waals surface area contributed by atoms with E-state index >= 15 is 0 Å². The number of hydrogen-bond acceptors (Lipinski definition) is 4. The van der Waals surface area contributed by atoms with Gasteiger partial charge in [0.15, 0.2) is 5.82 Å². The van der Waals surface area contributed by atoms with Crippen molar-refractivity contribution in [2.24, 2.45) is 0 Å². The van der Waals surface area contributed by atoms with Gasteiger partial charge in [-0.15, -0.1) is 5.10 Å². The average Bonchev–Trinajstić information content (AvgIpc) is 2.91. The zero-order chi connectivity index (χ0) is 15.0. The molecule has 0 unspecified atom stereocenters. The maximum Gasteiger partial charge on any atom is 0.188 e. The van der Waals surface area contributed by atoms with Gasteiger partial charge in [0.1, 0.15) is 0 Å². The number of aromatic nitrogens is 4. The highest BCUT2D eigenvalue weighted by Crippen LogP contribution is 2.30. The molecule has 21 heavy (non-hydrogen) atoms. The first kappa shape index (κ1) is 14.1. The average molecular weight is 341 g/mol. The largest absolute Gasteiger partial charge is 0.399 e. The van der Waals surface area contributed by atoms with Crippen LogP contribution in [0.3, 0.4) is 0 Å². The van der Waals surface area contributed by atoms with Crippen molar-refractivity contribution in [2.45, 2.75) is 0 Å². The van der Waals surface area contributed by atoms with Crippen molar-refractivity contribution < 1.29 is 0 Å². The molecule has 0 aliphatic rings. The lowest BCUT2D eigenvalue weighted by molar-refractivity contribution is 0.791. The lowest BCUT2D eigenvalue weighted by Crippen LogP contribution is -2.00. The highest BCUT2D eigenvalue weighted by Gasteiger charge is 2.14. The molecule has 0 fully saturated rings. The Kier molecular flexibility index (Phi) is 3.71. The van der Waals surface area contributed by atoms with Crippen LogP contribution in [0.1, 0.15) is 0 Å². The third-order valence-corrected chi connectivity index (χ3v) is 3.90. The van der Waals surface area contributed by atoms with Gasteiger partial charge in [-0.25, -0.2) is 0 Å². The first-order valence-corrected chi connectivity index (χ1v) is 6.99. The number of nitrogens with zero attached hydrogens (tertiary/aromatic N) is 4. The molecule has 0 atom stereocenters. The molecule has 5 nitrogen and oxygen atoms in total. The highest BCUT2D eigenvalue weighted by atomic mass is 35.5. The van der Waals surface area contributed by atoms with E-state index in [0.29, 0.717) is 37.8 Å². The molecular formula is C13H8Cl3N5. The molecule has 8 heteroatoms. The van der Waals surface area contributed by atoms with Crippen LogP contribution in [-0.2, 0) is 0 Å². The first-order chi connectivity index (χ1) is 10.1. The Labute approximate surface area is 135 Å². The lowest BCUT2D eigenvalue weighted by Gasteiger charge is -2.07. The molecule has 0 bridgehead atoms. The van der Waals surface area contributed by atoms with Gasteiger partial charge in [-0.1, -0.05) is 34.8 Å². The number of nitrogens with two attached hydrogens (primary N) is 1. The van der Waals surface area contributed by atoms with Gasteiger partial charge in [-0.05, 0) is 46.8 Å². The zero-order valence-corrected chi connectivity index (χ0v) is 12.7. The van der Waals surface area contributed by atoms with Crippen LogP contribution in [0.5, 0.6) is 0 Å². The maximum absolute atomic E-state index is 6.20. The number of nitrogen functional groups attached to an aromatic ring is 1. The van der Waals surface area contributed by atoms with Gasteiger partial charge in [-0.2, -0.15) is 4.68 Å². The minimum atomic E-state index is 0.416. The third-order valence-electron chi connectivity index (χ3n) is 2.85. The van der Waals surface area contributed by atoms with Crippen molar-refractivity contribution >= 4 is 40.5 Å². The molecule has 3 rings (SSSR count). The Morgan fingerprint density at radius 3 is 2.43 bits per heavy atom. The fourth-order valence-electron chi connectivity index (χ4n) is 1.86. The van der Waals surface area contributed by atoms with Crippen LogP contribution < -0.4 is 5.73 Å². The standard InChI is InChI=1S/C13H8Cl3N5/c14-10-4-2-8(6-12(10)16)21-13(18-19-20-21)9-3-1-7(17)5-11(9)15/h1-6H,17H2. The highest BCUT2D eigenvalue weighted by molar-refractivity contribution is 6.42. The molecule has 0 aliphatic carbocycles. The van der Waals surface area contributed by atoms with E-state index in [9.17, 15) is 0 Å². The number of benzene rings is 2. The number of rotatable bonds is 2. The Morgan fingerprint density at radius 1 is 0.905 bits per heavy atom. The van der Waals surface area contributed by atoms with E-state index in [0.717, 1.165) is 0 Å². The summed E-state index contributed by atoms with van der Waals surface area (Å²) in [6.45, 7) is 0. The number of hydrogen-bond donors (Lipinski definition) is 1. The smallest absolute Gasteiger partial charge is 0.188 e. The Bertz CT molecular complexity index is 815. The summed E-state index contributed by atoms with van der Waals surface area (Å²) in [5.74, 6) is 0.485. The summed E-state index contributed by atoms with van der Waals surface area (Å²) in [6, 6.07) is 10.3. The molecule has 2 aromatic carbocycles. The van der Waals surface area contributed by atoms with Crippen LogP contribution in [-0.4, -0.2) is 20.2 Å². The molecular weight excluding hydrogens is 333 g/mol. The fourth-order valence-corrected chi connectivity index (χ4v) is 2.42. The van der Waals surface area contributed by atoms with Crippen LogP contribution >= 0.6 is 34.8 Å². The van der Waals surface area contributed by atoms with E-state index in [4.69, 9.17) is 40.5 Å². The normalized spacial score (nSPS) is 10.8. The van der Waals surface area contributed by atoms with Gasteiger partial charge in [0.2, 0.25) is 0 Å². The van der Waals surface area contributed by atoms with Gasteiger partial charge in [0.05, 0.1) is 20.8 Å². The Balaban J connectivity index is 2.14. The Morgan fingerprint density at radius 2 is 1.71 bits per heavy atom. The quantitative estimate of drug-likeness (QED) is 0.719. The molecule has 106 valence electrons. The second-order valence-corrected chi connectivity index (χ2v) is 5.47. The molecule has 0 saturated heterocycles. The van der Waals surface area contributed by atoms with E-state index < -0.39 is 0 Å². The summed E-state index contributed by atoms with van der Waals surface area (Å²) in [4.78, 5) is 0. The summed E-state index contributed by atoms with van der Waals surface area (Å²) in [5.41, 5.74) is 7.61. The third kappa shape index (κ3) is 2.68. The van der Waals surface area contributed by atoms with E-state index in [1.165, 1.54) is 4.68 Å². The summed E-state index contributed by atoms with van der Waals surface area (Å²) in [5, 5.41) is 13.0. The molecule has 0 saturated carbocycles. The zero-order valence-electron chi connectivity index (χ0n) is 10.5. The van der Waals surface area contributed by atoms with Gasteiger partial charge in [0, 0.05) is 11.3 Å². The van der Waals surface area contributed by atoms with Crippen molar-refractivity contribution in [1.82, 2.24) is 20.2 Å². The number of tetrazole rings is 1. The van der Waals surface area contributed by atoms with Crippen molar-refractivity contribution in [3.05, 3.63) is 51.5 Å². The number of anilines is 1. The molecule has 3 aromatic rings. The van der Waals surface area contributed by atoms with Crippen LogP contribution in [0.25, 0.3) is 17.1 Å². The molecule has 1 heterocycles. The van der Waals surface area contributed by atoms with Gasteiger partial charge < -0.3 is 5.73 Å². The second-order valence-electron chi connectivity index (χ2n) is 4.25.